The van der Waals surface area contributed by atoms with Crippen LogP contribution in [0.1, 0.15) is 18.9 Å². The van der Waals surface area contributed by atoms with Gasteiger partial charge >= 0.3 is 0 Å². The van der Waals surface area contributed by atoms with Crippen molar-refractivity contribution in [3.05, 3.63) is 54.1 Å². The molecule has 7 nitrogen and oxygen atoms in total. The smallest absolute Gasteiger partial charge is 0.191 e. The van der Waals surface area contributed by atoms with Crippen molar-refractivity contribution in [3.63, 3.8) is 0 Å². The fraction of sp³-hybridized carbons (Fsp3) is 0.409. The summed E-state index contributed by atoms with van der Waals surface area (Å²) in [6.45, 7) is 2.59. The molecule has 1 atom stereocenters. The zero-order valence-electron chi connectivity index (χ0n) is 18.0. The molecule has 0 aliphatic rings. The Bertz CT molecular complexity index is 931. The fourth-order valence-electron chi connectivity index (χ4n) is 3.00. The number of nitrogens with one attached hydrogen (secondary N) is 2. The van der Waals surface area contributed by atoms with Gasteiger partial charge in [0.1, 0.15) is 0 Å². The predicted molar refractivity (Wildman–Crippen MR) is 120 cm³/mol. The summed E-state index contributed by atoms with van der Waals surface area (Å²) < 4.78 is 35.9. The maximum absolute atomic E-state index is 12.7. The molecule has 1 unspecified atom stereocenters. The first-order valence-electron chi connectivity index (χ1n) is 9.89. The van der Waals surface area contributed by atoms with Gasteiger partial charge in [0.2, 0.25) is 0 Å². The second kappa shape index (κ2) is 11.4. The molecule has 2 aromatic rings. The number of benzene rings is 2. The van der Waals surface area contributed by atoms with Gasteiger partial charge in [-0.3, -0.25) is 4.99 Å². The van der Waals surface area contributed by atoms with Crippen LogP contribution in [0.25, 0.3) is 0 Å². The normalized spacial score (nSPS) is 12.9. The number of aliphatic imine (C=N–C) groups is 1. The molecule has 0 aliphatic heterocycles. The molecule has 2 N–H and O–H groups in total. The molecule has 0 amide bonds. The first-order chi connectivity index (χ1) is 14.4. The highest BCUT2D eigenvalue weighted by Crippen LogP contribution is 2.27. The van der Waals surface area contributed by atoms with Crippen molar-refractivity contribution >= 4 is 15.8 Å². The SMILES string of the molecule is CCC(CS(=O)(=O)c1ccccc1)NC(=NC)NCCc1ccc(OC)c(OC)c1. The van der Waals surface area contributed by atoms with E-state index in [1.165, 1.54) is 0 Å². The van der Waals surface area contributed by atoms with E-state index in [9.17, 15) is 8.42 Å². The number of ether oxygens (including phenoxy) is 2. The van der Waals surface area contributed by atoms with Gasteiger partial charge < -0.3 is 20.1 Å². The van der Waals surface area contributed by atoms with E-state index in [1.54, 1.807) is 51.6 Å². The van der Waals surface area contributed by atoms with Crippen molar-refractivity contribution in [2.45, 2.75) is 30.7 Å². The number of hydrogen-bond donors (Lipinski definition) is 2. The molecule has 0 spiro atoms. The minimum absolute atomic E-state index is 0.00386. The second-order valence-corrected chi connectivity index (χ2v) is 8.82. The van der Waals surface area contributed by atoms with Crippen LogP contribution < -0.4 is 20.1 Å². The highest BCUT2D eigenvalue weighted by molar-refractivity contribution is 7.91. The van der Waals surface area contributed by atoms with Crippen LogP contribution in [0.2, 0.25) is 0 Å². The van der Waals surface area contributed by atoms with Crippen LogP contribution in [0.15, 0.2) is 58.4 Å². The van der Waals surface area contributed by atoms with Gasteiger partial charge in [-0.2, -0.15) is 0 Å². The van der Waals surface area contributed by atoms with E-state index in [2.05, 4.69) is 15.6 Å². The number of guanidine groups is 1. The lowest BCUT2D eigenvalue weighted by Gasteiger charge is -2.20. The Morgan fingerprint density at radius 1 is 1.07 bits per heavy atom. The number of methoxy groups -OCH3 is 2. The van der Waals surface area contributed by atoms with E-state index in [0.717, 1.165) is 12.0 Å². The molecule has 2 rings (SSSR count). The Hall–Kier alpha value is -2.74. The van der Waals surface area contributed by atoms with Gasteiger partial charge in [-0.15, -0.1) is 0 Å². The predicted octanol–water partition coefficient (Wildman–Crippen LogP) is 2.66. The van der Waals surface area contributed by atoms with Gasteiger partial charge in [0, 0.05) is 19.6 Å². The minimum Gasteiger partial charge on any atom is -0.493 e. The van der Waals surface area contributed by atoms with Crippen LogP contribution in [-0.4, -0.2) is 54.0 Å². The zero-order chi connectivity index (χ0) is 22.0. The van der Waals surface area contributed by atoms with E-state index in [-0.39, 0.29) is 11.8 Å². The van der Waals surface area contributed by atoms with Crippen molar-refractivity contribution < 1.29 is 17.9 Å². The zero-order valence-corrected chi connectivity index (χ0v) is 18.8. The molecule has 0 heterocycles. The largest absolute Gasteiger partial charge is 0.493 e. The number of nitrogens with zero attached hydrogens (tertiary/aromatic N) is 1. The quantitative estimate of drug-likeness (QED) is 0.442. The van der Waals surface area contributed by atoms with E-state index in [0.29, 0.717) is 35.3 Å². The third-order valence-electron chi connectivity index (χ3n) is 4.73. The third-order valence-corrected chi connectivity index (χ3v) is 6.57. The Balaban J connectivity index is 1.93. The standard InChI is InChI=1S/C22H31N3O4S/c1-5-18(16-30(26,27)19-9-7-6-8-10-19)25-22(23-2)24-14-13-17-11-12-20(28-3)21(15-17)29-4/h6-12,15,18H,5,13-14,16H2,1-4H3,(H2,23,24,25). The highest BCUT2D eigenvalue weighted by Gasteiger charge is 2.20. The highest BCUT2D eigenvalue weighted by atomic mass is 32.2. The molecule has 0 saturated carbocycles. The molecular formula is C22H31N3O4S. The van der Waals surface area contributed by atoms with E-state index in [1.807, 2.05) is 25.1 Å². The van der Waals surface area contributed by atoms with E-state index >= 15 is 0 Å². The van der Waals surface area contributed by atoms with Crippen molar-refractivity contribution in [2.75, 3.05) is 33.6 Å². The molecule has 164 valence electrons. The van der Waals surface area contributed by atoms with Crippen molar-refractivity contribution in [3.8, 4) is 11.5 Å². The maximum Gasteiger partial charge on any atom is 0.191 e. The molecule has 30 heavy (non-hydrogen) atoms. The van der Waals surface area contributed by atoms with Crippen LogP contribution in [0.4, 0.5) is 0 Å². The summed E-state index contributed by atoms with van der Waals surface area (Å²) in [6.07, 6.45) is 1.41. The van der Waals surface area contributed by atoms with Crippen LogP contribution in [0, 0.1) is 0 Å². The molecule has 0 aromatic heterocycles. The lowest BCUT2D eigenvalue weighted by atomic mass is 10.1. The summed E-state index contributed by atoms with van der Waals surface area (Å²) in [6, 6.07) is 14.1. The molecule has 0 saturated heterocycles. The number of sulfone groups is 1. The van der Waals surface area contributed by atoms with Crippen LogP contribution in [0.3, 0.4) is 0 Å². The summed E-state index contributed by atoms with van der Waals surface area (Å²) in [5.74, 6) is 1.96. The first kappa shape index (κ1) is 23.5. The van der Waals surface area contributed by atoms with Crippen LogP contribution >= 0.6 is 0 Å². The number of rotatable bonds is 10. The van der Waals surface area contributed by atoms with Crippen molar-refractivity contribution in [1.82, 2.24) is 10.6 Å². The third kappa shape index (κ3) is 6.66. The molecule has 2 aromatic carbocycles. The molecule has 0 fully saturated rings. The molecule has 8 heteroatoms. The van der Waals surface area contributed by atoms with Gasteiger partial charge in [0.15, 0.2) is 27.3 Å². The Morgan fingerprint density at radius 3 is 2.37 bits per heavy atom. The summed E-state index contributed by atoms with van der Waals surface area (Å²) in [5.41, 5.74) is 1.09. The van der Waals surface area contributed by atoms with Gasteiger partial charge in [-0.05, 0) is 42.7 Å². The molecule has 0 radical (unpaired) electrons. The monoisotopic (exact) mass is 433 g/mol. The summed E-state index contributed by atoms with van der Waals surface area (Å²) in [5, 5.41) is 6.47. The maximum atomic E-state index is 12.7. The summed E-state index contributed by atoms with van der Waals surface area (Å²) >= 11 is 0. The number of hydrogen-bond acceptors (Lipinski definition) is 5. The second-order valence-electron chi connectivity index (χ2n) is 6.78. The lowest BCUT2D eigenvalue weighted by molar-refractivity contribution is 0.354. The average molecular weight is 434 g/mol. The average Bonchev–Trinajstić information content (AvgIpc) is 2.77. The molecule has 0 aliphatic carbocycles. The Kier molecular flexibility index (Phi) is 8.98. The topological polar surface area (TPSA) is 89.0 Å². The van der Waals surface area contributed by atoms with Gasteiger partial charge in [0.05, 0.1) is 24.9 Å². The van der Waals surface area contributed by atoms with Crippen LogP contribution in [-0.2, 0) is 16.3 Å². The minimum atomic E-state index is -3.37. The molecular weight excluding hydrogens is 402 g/mol. The first-order valence-corrected chi connectivity index (χ1v) is 11.5. The van der Waals surface area contributed by atoms with Gasteiger partial charge in [-0.25, -0.2) is 8.42 Å². The van der Waals surface area contributed by atoms with Crippen molar-refractivity contribution in [2.24, 2.45) is 4.99 Å². The lowest BCUT2D eigenvalue weighted by Crippen LogP contribution is -2.46. The Labute approximate surface area is 179 Å². The molecule has 0 bridgehead atoms. The van der Waals surface area contributed by atoms with E-state index in [4.69, 9.17) is 9.47 Å². The van der Waals surface area contributed by atoms with Gasteiger partial charge in [0.25, 0.3) is 0 Å². The summed E-state index contributed by atoms with van der Waals surface area (Å²) in [4.78, 5) is 4.56. The Morgan fingerprint density at radius 2 is 1.77 bits per heavy atom. The van der Waals surface area contributed by atoms with Crippen LogP contribution in [0.5, 0.6) is 11.5 Å². The van der Waals surface area contributed by atoms with Gasteiger partial charge in [-0.1, -0.05) is 31.2 Å². The van der Waals surface area contributed by atoms with E-state index < -0.39 is 9.84 Å². The fourth-order valence-corrected chi connectivity index (χ4v) is 4.61. The summed E-state index contributed by atoms with van der Waals surface area (Å²) in [7, 11) is 1.52. The van der Waals surface area contributed by atoms with Crippen molar-refractivity contribution in [1.29, 1.82) is 0 Å².